The molecule has 8 heteroatoms. The van der Waals surface area contributed by atoms with Crippen molar-refractivity contribution in [1.29, 1.82) is 0 Å². The summed E-state index contributed by atoms with van der Waals surface area (Å²) in [4.78, 5) is 18.9. The van der Waals surface area contributed by atoms with Gasteiger partial charge >= 0.3 is 0 Å². The van der Waals surface area contributed by atoms with Crippen LogP contribution in [-0.4, -0.2) is 70.0 Å². The van der Waals surface area contributed by atoms with Crippen LogP contribution >= 0.6 is 0 Å². The first kappa shape index (κ1) is 15.2. The smallest absolute Gasteiger partial charge is 0.272 e. The molecule has 120 valence electrons. The molecule has 2 saturated heterocycles. The fourth-order valence-electron chi connectivity index (χ4n) is 3.01. The minimum absolute atomic E-state index is 0.130. The van der Waals surface area contributed by atoms with Crippen molar-refractivity contribution in [3.8, 4) is 0 Å². The van der Waals surface area contributed by atoms with Crippen LogP contribution in [0.3, 0.4) is 0 Å². The van der Waals surface area contributed by atoms with Crippen LogP contribution in [0, 0.1) is 5.82 Å². The summed E-state index contributed by atoms with van der Waals surface area (Å²) in [6.45, 7) is -0.0891. The van der Waals surface area contributed by atoms with Gasteiger partial charge < -0.3 is 10.0 Å². The van der Waals surface area contributed by atoms with Gasteiger partial charge in [0.05, 0.1) is 19.3 Å². The molecule has 2 fully saturated rings. The maximum absolute atomic E-state index is 13.4. The number of carbonyl (C=O) groups excluding carboxylic acids is 1. The Bertz CT molecular complexity index is 561. The van der Waals surface area contributed by atoms with Gasteiger partial charge in [-0.25, -0.2) is 18.2 Å². The SMILES string of the molecule is O=C(c1ccc(F)cn1)N1CC(N2CC(F)(F)C[C@H]2CO)C1. The predicted molar refractivity (Wildman–Crippen MR) is 71.0 cm³/mol. The molecule has 0 saturated carbocycles. The summed E-state index contributed by atoms with van der Waals surface area (Å²) in [6, 6.07) is 1.70. The quantitative estimate of drug-likeness (QED) is 0.894. The molecule has 0 spiro atoms. The molecular weight excluding hydrogens is 299 g/mol. The molecule has 1 N–H and O–H groups in total. The zero-order valence-corrected chi connectivity index (χ0v) is 11.8. The van der Waals surface area contributed by atoms with Crippen molar-refractivity contribution in [3.05, 3.63) is 29.8 Å². The Morgan fingerprint density at radius 1 is 1.41 bits per heavy atom. The van der Waals surface area contributed by atoms with Crippen LogP contribution in [0.5, 0.6) is 0 Å². The summed E-state index contributed by atoms with van der Waals surface area (Å²) in [5.41, 5.74) is 0.130. The van der Waals surface area contributed by atoms with Crippen molar-refractivity contribution in [2.45, 2.75) is 24.4 Å². The first-order valence-electron chi connectivity index (χ1n) is 7.05. The van der Waals surface area contributed by atoms with Gasteiger partial charge in [-0.3, -0.25) is 9.69 Å². The van der Waals surface area contributed by atoms with Gasteiger partial charge in [0.1, 0.15) is 11.5 Å². The number of alkyl halides is 2. The van der Waals surface area contributed by atoms with Crippen LogP contribution in [0.25, 0.3) is 0 Å². The van der Waals surface area contributed by atoms with Crippen LogP contribution in [0.4, 0.5) is 13.2 Å². The van der Waals surface area contributed by atoms with E-state index in [1.807, 2.05) is 0 Å². The fourth-order valence-corrected chi connectivity index (χ4v) is 3.01. The van der Waals surface area contributed by atoms with E-state index in [0.717, 1.165) is 12.3 Å². The van der Waals surface area contributed by atoms with Crippen molar-refractivity contribution >= 4 is 5.91 Å². The minimum Gasteiger partial charge on any atom is -0.395 e. The molecule has 1 aromatic rings. The van der Waals surface area contributed by atoms with Gasteiger partial charge in [-0.15, -0.1) is 0 Å². The number of aliphatic hydroxyl groups excluding tert-OH is 1. The number of pyridine rings is 1. The molecule has 2 aliphatic heterocycles. The van der Waals surface area contributed by atoms with Crippen molar-refractivity contribution in [2.24, 2.45) is 0 Å². The molecule has 3 rings (SSSR count). The second-order valence-electron chi connectivity index (χ2n) is 5.79. The molecule has 0 radical (unpaired) electrons. The molecule has 1 atom stereocenters. The Hall–Kier alpha value is -1.67. The lowest BCUT2D eigenvalue weighted by Gasteiger charge is -2.45. The predicted octanol–water partition coefficient (Wildman–Crippen LogP) is 0.747. The molecule has 0 bridgehead atoms. The summed E-state index contributed by atoms with van der Waals surface area (Å²) in [5.74, 6) is -3.66. The van der Waals surface area contributed by atoms with Gasteiger partial charge in [0.25, 0.3) is 11.8 Å². The first-order valence-corrected chi connectivity index (χ1v) is 7.05. The van der Waals surface area contributed by atoms with Crippen molar-refractivity contribution < 1.29 is 23.1 Å². The average Bonchev–Trinajstić information content (AvgIpc) is 2.73. The van der Waals surface area contributed by atoms with E-state index in [9.17, 15) is 23.1 Å². The number of halogens is 3. The van der Waals surface area contributed by atoms with E-state index in [-0.39, 0.29) is 37.2 Å². The van der Waals surface area contributed by atoms with Crippen LogP contribution in [0.15, 0.2) is 18.3 Å². The first-order chi connectivity index (χ1) is 10.4. The topological polar surface area (TPSA) is 56.7 Å². The summed E-state index contributed by atoms with van der Waals surface area (Å²) in [7, 11) is 0. The highest BCUT2D eigenvalue weighted by Gasteiger charge is 2.50. The van der Waals surface area contributed by atoms with Crippen LogP contribution < -0.4 is 0 Å². The van der Waals surface area contributed by atoms with E-state index in [2.05, 4.69) is 4.98 Å². The highest BCUT2D eigenvalue weighted by Crippen LogP contribution is 2.35. The number of aromatic nitrogens is 1. The third-order valence-corrected chi connectivity index (χ3v) is 4.19. The van der Waals surface area contributed by atoms with Gasteiger partial charge in [-0.2, -0.15) is 0 Å². The molecule has 2 aliphatic rings. The normalized spacial score (nSPS) is 25.3. The molecule has 5 nitrogen and oxygen atoms in total. The summed E-state index contributed by atoms with van der Waals surface area (Å²) in [5, 5.41) is 9.22. The highest BCUT2D eigenvalue weighted by atomic mass is 19.3. The zero-order chi connectivity index (χ0) is 15.9. The lowest BCUT2D eigenvalue weighted by molar-refractivity contribution is -0.0126. The number of carbonyl (C=O) groups is 1. The lowest BCUT2D eigenvalue weighted by Crippen LogP contribution is -2.62. The van der Waals surface area contributed by atoms with E-state index in [1.165, 1.54) is 11.0 Å². The Morgan fingerprint density at radius 2 is 2.14 bits per heavy atom. The Balaban J connectivity index is 1.60. The number of likely N-dealkylation sites (tertiary alicyclic amines) is 2. The summed E-state index contributed by atoms with van der Waals surface area (Å²) in [6.07, 6.45) is 0.612. The molecule has 0 unspecified atom stereocenters. The Kier molecular flexibility index (Phi) is 3.82. The van der Waals surface area contributed by atoms with E-state index >= 15 is 0 Å². The van der Waals surface area contributed by atoms with E-state index in [4.69, 9.17) is 0 Å². The third kappa shape index (κ3) is 2.80. The summed E-state index contributed by atoms with van der Waals surface area (Å²) >= 11 is 0. The molecule has 1 aromatic heterocycles. The molecule has 1 amide bonds. The molecule has 3 heterocycles. The fraction of sp³-hybridized carbons (Fsp3) is 0.571. The Labute approximate surface area is 125 Å². The van der Waals surface area contributed by atoms with Gasteiger partial charge in [0.2, 0.25) is 0 Å². The minimum atomic E-state index is -2.80. The maximum atomic E-state index is 13.4. The van der Waals surface area contributed by atoms with Crippen molar-refractivity contribution in [3.63, 3.8) is 0 Å². The second-order valence-corrected chi connectivity index (χ2v) is 5.79. The Morgan fingerprint density at radius 3 is 2.73 bits per heavy atom. The van der Waals surface area contributed by atoms with E-state index in [0.29, 0.717) is 13.1 Å². The third-order valence-electron chi connectivity index (χ3n) is 4.19. The zero-order valence-electron chi connectivity index (χ0n) is 11.8. The van der Waals surface area contributed by atoms with E-state index in [1.54, 1.807) is 4.90 Å². The average molecular weight is 315 g/mol. The molecule has 22 heavy (non-hydrogen) atoms. The standard InChI is InChI=1S/C14H16F3N3O2/c15-9-1-2-12(18-4-9)13(22)19-5-11(6-19)20-8-14(16,17)3-10(20)7-21/h1-2,4,10-11,21H,3,5-8H2/t10-/m0/s1. The molecule has 0 aliphatic carbocycles. The lowest BCUT2D eigenvalue weighted by atomic mass is 10.1. The molecule has 0 aromatic carbocycles. The van der Waals surface area contributed by atoms with Gasteiger partial charge in [-0.1, -0.05) is 0 Å². The van der Waals surface area contributed by atoms with E-state index < -0.39 is 17.8 Å². The number of nitrogens with zero attached hydrogens (tertiary/aromatic N) is 3. The molecular formula is C14H16F3N3O2. The second kappa shape index (κ2) is 5.51. The number of aliphatic hydroxyl groups is 1. The highest BCUT2D eigenvalue weighted by molar-refractivity contribution is 5.92. The van der Waals surface area contributed by atoms with Crippen LogP contribution in [0.2, 0.25) is 0 Å². The monoisotopic (exact) mass is 315 g/mol. The van der Waals surface area contributed by atoms with Gasteiger partial charge in [0, 0.05) is 31.6 Å². The van der Waals surface area contributed by atoms with Gasteiger partial charge in [0.15, 0.2) is 0 Å². The largest absolute Gasteiger partial charge is 0.395 e. The number of amides is 1. The van der Waals surface area contributed by atoms with Gasteiger partial charge in [-0.05, 0) is 12.1 Å². The summed E-state index contributed by atoms with van der Waals surface area (Å²) < 4.78 is 39.6. The van der Waals surface area contributed by atoms with Crippen molar-refractivity contribution in [1.82, 2.24) is 14.8 Å². The van der Waals surface area contributed by atoms with Crippen molar-refractivity contribution in [2.75, 3.05) is 26.2 Å². The maximum Gasteiger partial charge on any atom is 0.272 e. The number of rotatable bonds is 3. The number of hydrogen-bond donors (Lipinski definition) is 1. The van der Waals surface area contributed by atoms with Crippen LogP contribution in [-0.2, 0) is 0 Å². The van der Waals surface area contributed by atoms with Crippen LogP contribution in [0.1, 0.15) is 16.9 Å². The number of hydrogen-bond acceptors (Lipinski definition) is 4.